The summed E-state index contributed by atoms with van der Waals surface area (Å²) in [5.74, 6) is 0.103. The Kier molecular flexibility index (Phi) is 5.17. The molecule has 0 unspecified atom stereocenters. The van der Waals surface area contributed by atoms with Crippen LogP contribution in [0, 0.1) is 0 Å². The quantitative estimate of drug-likeness (QED) is 0.898. The second-order valence-electron chi connectivity index (χ2n) is 6.95. The predicted molar refractivity (Wildman–Crippen MR) is 96.1 cm³/mol. The molecule has 1 aliphatic heterocycles. The lowest BCUT2D eigenvalue weighted by molar-refractivity contribution is -0.907. The van der Waals surface area contributed by atoms with Crippen molar-refractivity contribution in [2.75, 3.05) is 19.6 Å². The van der Waals surface area contributed by atoms with E-state index in [1.165, 1.54) is 21.2 Å². The SMILES string of the molecule is C[C@H](NC(=O)C[NH+]1C[C@H](C)O[C@@H](C)C1)c1cccc2ccccc12. The summed E-state index contributed by atoms with van der Waals surface area (Å²) in [6, 6.07) is 14.6. The van der Waals surface area contributed by atoms with Crippen LogP contribution >= 0.6 is 0 Å². The molecule has 1 saturated heterocycles. The minimum atomic E-state index is -0.00103. The maximum atomic E-state index is 12.5. The summed E-state index contributed by atoms with van der Waals surface area (Å²) in [5.41, 5.74) is 1.17. The van der Waals surface area contributed by atoms with Crippen molar-refractivity contribution in [2.24, 2.45) is 0 Å². The standard InChI is InChI=1S/C20H26N2O2/c1-14-11-22(12-15(2)24-14)13-20(23)21-16(3)18-10-6-8-17-7-4-5-9-19(17)18/h4-10,14-16H,11-13H2,1-3H3,(H,21,23)/p+1/t14-,15-,16-/m0/s1. The molecule has 128 valence electrons. The number of fused-ring (bicyclic) bond motifs is 1. The Balaban J connectivity index is 1.65. The summed E-state index contributed by atoms with van der Waals surface area (Å²) < 4.78 is 5.74. The Labute approximate surface area is 143 Å². The minimum Gasteiger partial charge on any atom is -0.364 e. The van der Waals surface area contributed by atoms with E-state index in [1.54, 1.807) is 0 Å². The van der Waals surface area contributed by atoms with Gasteiger partial charge in [0.2, 0.25) is 0 Å². The zero-order valence-corrected chi connectivity index (χ0v) is 14.7. The highest BCUT2D eigenvalue weighted by molar-refractivity contribution is 5.87. The van der Waals surface area contributed by atoms with Gasteiger partial charge in [0.15, 0.2) is 6.54 Å². The van der Waals surface area contributed by atoms with Crippen LogP contribution in [0.3, 0.4) is 0 Å². The predicted octanol–water partition coefficient (Wildman–Crippen LogP) is 1.71. The molecule has 0 spiro atoms. The Morgan fingerprint density at radius 3 is 2.58 bits per heavy atom. The Morgan fingerprint density at radius 2 is 1.83 bits per heavy atom. The molecule has 2 aromatic carbocycles. The molecule has 0 aromatic heterocycles. The van der Waals surface area contributed by atoms with E-state index in [9.17, 15) is 4.79 Å². The van der Waals surface area contributed by atoms with E-state index in [-0.39, 0.29) is 24.2 Å². The highest BCUT2D eigenvalue weighted by atomic mass is 16.5. The fourth-order valence-corrected chi connectivity index (χ4v) is 3.76. The zero-order valence-electron chi connectivity index (χ0n) is 14.7. The van der Waals surface area contributed by atoms with Crippen molar-refractivity contribution in [1.82, 2.24) is 5.32 Å². The summed E-state index contributed by atoms with van der Waals surface area (Å²) in [4.78, 5) is 13.8. The van der Waals surface area contributed by atoms with Crippen molar-refractivity contribution in [1.29, 1.82) is 0 Å². The maximum Gasteiger partial charge on any atom is 0.275 e. The molecule has 0 bridgehead atoms. The molecule has 1 fully saturated rings. The largest absolute Gasteiger partial charge is 0.364 e. The molecular formula is C20H27N2O2+. The summed E-state index contributed by atoms with van der Waals surface area (Å²) in [7, 11) is 0. The number of carbonyl (C=O) groups excluding carboxylic acids is 1. The lowest BCUT2D eigenvalue weighted by Gasteiger charge is -2.32. The molecule has 0 saturated carbocycles. The topological polar surface area (TPSA) is 42.8 Å². The Hall–Kier alpha value is -1.91. The van der Waals surface area contributed by atoms with Gasteiger partial charge in [-0.1, -0.05) is 42.5 Å². The Morgan fingerprint density at radius 1 is 1.17 bits per heavy atom. The highest BCUT2D eigenvalue weighted by Gasteiger charge is 2.27. The maximum absolute atomic E-state index is 12.5. The van der Waals surface area contributed by atoms with Crippen molar-refractivity contribution in [3.63, 3.8) is 0 Å². The fourth-order valence-electron chi connectivity index (χ4n) is 3.76. The molecule has 3 rings (SSSR count). The Bertz CT molecular complexity index is 700. The lowest BCUT2D eigenvalue weighted by atomic mass is 10.00. The van der Waals surface area contributed by atoms with Gasteiger partial charge in [-0.3, -0.25) is 4.79 Å². The first-order valence-electron chi connectivity index (χ1n) is 8.79. The number of rotatable bonds is 4. The number of quaternary nitrogens is 1. The number of amides is 1. The van der Waals surface area contributed by atoms with E-state index in [0.717, 1.165) is 13.1 Å². The molecule has 3 atom stereocenters. The average Bonchev–Trinajstić information content (AvgIpc) is 2.53. The van der Waals surface area contributed by atoms with E-state index < -0.39 is 0 Å². The number of morpholine rings is 1. The fraction of sp³-hybridized carbons (Fsp3) is 0.450. The number of nitrogens with one attached hydrogen (secondary N) is 2. The van der Waals surface area contributed by atoms with Gasteiger partial charge < -0.3 is 15.0 Å². The molecule has 1 amide bonds. The van der Waals surface area contributed by atoms with Crippen molar-refractivity contribution in [2.45, 2.75) is 39.0 Å². The van der Waals surface area contributed by atoms with E-state index >= 15 is 0 Å². The summed E-state index contributed by atoms with van der Waals surface area (Å²) >= 11 is 0. The normalized spacial score (nSPS) is 25.4. The first-order valence-corrected chi connectivity index (χ1v) is 8.79. The van der Waals surface area contributed by atoms with Crippen LogP contribution in [-0.2, 0) is 9.53 Å². The molecule has 4 nitrogen and oxygen atoms in total. The highest BCUT2D eigenvalue weighted by Crippen LogP contribution is 2.23. The van der Waals surface area contributed by atoms with Gasteiger partial charge in [-0.15, -0.1) is 0 Å². The first kappa shape index (κ1) is 16.9. The van der Waals surface area contributed by atoms with Crippen LogP contribution in [0.25, 0.3) is 10.8 Å². The summed E-state index contributed by atoms with van der Waals surface area (Å²) in [6.07, 6.45) is 0.430. The van der Waals surface area contributed by atoms with Gasteiger partial charge >= 0.3 is 0 Å². The van der Waals surface area contributed by atoms with Crippen molar-refractivity contribution in [3.8, 4) is 0 Å². The van der Waals surface area contributed by atoms with E-state index in [2.05, 4.69) is 56.4 Å². The van der Waals surface area contributed by atoms with Gasteiger partial charge in [0.25, 0.3) is 5.91 Å². The minimum absolute atomic E-state index is 0.00103. The summed E-state index contributed by atoms with van der Waals surface area (Å²) in [5, 5.41) is 5.57. The van der Waals surface area contributed by atoms with Gasteiger partial charge in [0.1, 0.15) is 25.3 Å². The monoisotopic (exact) mass is 327 g/mol. The number of hydrogen-bond donors (Lipinski definition) is 2. The van der Waals surface area contributed by atoms with Gasteiger partial charge in [-0.25, -0.2) is 0 Å². The van der Waals surface area contributed by atoms with Crippen LogP contribution in [0.2, 0.25) is 0 Å². The summed E-state index contributed by atoms with van der Waals surface area (Å²) in [6.45, 7) is 8.49. The smallest absolute Gasteiger partial charge is 0.275 e. The van der Waals surface area contributed by atoms with Gasteiger partial charge in [0.05, 0.1) is 6.04 Å². The number of ether oxygens (including phenoxy) is 1. The molecule has 1 aliphatic rings. The molecule has 0 radical (unpaired) electrons. The van der Waals surface area contributed by atoms with E-state index in [0.29, 0.717) is 6.54 Å². The van der Waals surface area contributed by atoms with Gasteiger partial charge in [-0.05, 0) is 37.1 Å². The molecular weight excluding hydrogens is 300 g/mol. The van der Waals surface area contributed by atoms with Crippen LogP contribution in [-0.4, -0.2) is 37.7 Å². The first-order chi connectivity index (χ1) is 11.5. The van der Waals surface area contributed by atoms with Gasteiger partial charge in [-0.2, -0.15) is 0 Å². The molecule has 0 aliphatic carbocycles. The number of carbonyl (C=O) groups is 1. The lowest BCUT2D eigenvalue weighted by Crippen LogP contribution is -3.16. The molecule has 1 heterocycles. The van der Waals surface area contributed by atoms with E-state index in [1.807, 2.05) is 12.1 Å². The third kappa shape index (κ3) is 3.94. The second-order valence-corrected chi connectivity index (χ2v) is 6.95. The van der Waals surface area contributed by atoms with Crippen LogP contribution in [0.15, 0.2) is 42.5 Å². The zero-order chi connectivity index (χ0) is 17.1. The van der Waals surface area contributed by atoms with Crippen molar-refractivity contribution >= 4 is 16.7 Å². The van der Waals surface area contributed by atoms with Crippen molar-refractivity contribution in [3.05, 3.63) is 48.0 Å². The number of hydrogen-bond acceptors (Lipinski definition) is 2. The molecule has 24 heavy (non-hydrogen) atoms. The van der Waals surface area contributed by atoms with Crippen LogP contribution in [0.4, 0.5) is 0 Å². The molecule has 2 aromatic rings. The van der Waals surface area contributed by atoms with Crippen LogP contribution in [0.5, 0.6) is 0 Å². The molecule has 4 heteroatoms. The third-order valence-corrected chi connectivity index (χ3v) is 4.69. The van der Waals surface area contributed by atoms with Crippen LogP contribution in [0.1, 0.15) is 32.4 Å². The number of benzene rings is 2. The van der Waals surface area contributed by atoms with Crippen molar-refractivity contribution < 1.29 is 14.4 Å². The van der Waals surface area contributed by atoms with Crippen LogP contribution < -0.4 is 10.2 Å². The van der Waals surface area contributed by atoms with E-state index in [4.69, 9.17) is 4.74 Å². The van der Waals surface area contributed by atoms with Gasteiger partial charge in [0, 0.05) is 0 Å². The average molecular weight is 327 g/mol. The molecule has 2 N–H and O–H groups in total. The second kappa shape index (κ2) is 7.32. The third-order valence-electron chi connectivity index (χ3n) is 4.69.